The van der Waals surface area contributed by atoms with Crippen molar-refractivity contribution in [2.24, 2.45) is 5.84 Å². The molecule has 0 amide bonds. The Balaban J connectivity index is 2.88. The number of fused-ring (bicyclic) bond motifs is 1. The Hall–Kier alpha value is -1.32. The van der Waals surface area contributed by atoms with Crippen LogP contribution in [-0.4, -0.2) is 4.98 Å². The summed E-state index contributed by atoms with van der Waals surface area (Å²) in [4.78, 5) is 4.54. The monoisotopic (exact) mass is 235 g/mol. The first-order chi connectivity index (χ1) is 7.67. The number of hydrazine groups is 1. The maximum atomic E-state index is 6.16. The summed E-state index contributed by atoms with van der Waals surface area (Å²) in [5.41, 5.74) is 6.50. The van der Waals surface area contributed by atoms with Gasteiger partial charge in [0.2, 0.25) is 0 Å². The maximum Gasteiger partial charge on any atom is 0.0915 e. The van der Waals surface area contributed by atoms with E-state index in [4.69, 9.17) is 17.4 Å². The fourth-order valence-corrected chi connectivity index (χ4v) is 2.03. The maximum absolute atomic E-state index is 6.16. The van der Waals surface area contributed by atoms with Crippen molar-refractivity contribution in [1.29, 1.82) is 0 Å². The van der Waals surface area contributed by atoms with Gasteiger partial charge in [0, 0.05) is 11.1 Å². The van der Waals surface area contributed by atoms with Crippen molar-refractivity contribution in [2.45, 2.75) is 20.3 Å². The van der Waals surface area contributed by atoms with Gasteiger partial charge < -0.3 is 5.43 Å². The summed E-state index contributed by atoms with van der Waals surface area (Å²) in [6.07, 6.45) is 0.856. The van der Waals surface area contributed by atoms with Crippen LogP contribution in [0.4, 0.5) is 5.69 Å². The molecule has 0 atom stereocenters. The summed E-state index contributed by atoms with van der Waals surface area (Å²) in [7, 11) is 0. The molecule has 4 heteroatoms. The average Bonchev–Trinajstić information content (AvgIpc) is 2.32. The molecule has 0 saturated carbocycles. The van der Waals surface area contributed by atoms with Crippen molar-refractivity contribution in [2.75, 3.05) is 5.43 Å². The molecule has 0 saturated heterocycles. The van der Waals surface area contributed by atoms with Crippen molar-refractivity contribution < 1.29 is 0 Å². The molecule has 2 aromatic rings. The molecule has 16 heavy (non-hydrogen) atoms. The van der Waals surface area contributed by atoms with Gasteiger partial charge in [-0.1, -0.05) is 24.6 Å². The molecular weight excluding hydrogens is 222 g/mol. The Labute approximate surface area is 99.6 Å². The Morgan fingerprint density at radius 2 is 2.19 bits per heavy atom. The van der Waals surface area contributed by atoms with Gasteiger partial charge in [0.15, 0.2) is 0 Å². The smallest absolute Gasteiger partial charge is 0.0915 e. The molecule has 0 fully saturated rings. The molecule has 1 heterocycles. The number of aromatic nitrogens is 1. The molecule has 84 valence electrons. The summed E-state index contributed by atoms with van der Waals surface area (Å²) in [6, 6.07) is 5.80. The minimum atomic E-state index is 0.660. The first kappa shape index (κ1) is 11.2. The van der Waals surface area contributed by atoms with Gasteiger partial charge in [-0.15, -0.1) is 0 Å². The zero-order valence-electron chi connectivity index (χ0n) is 9.34. The topological polar surface area (TPSA) is 50.9 Å². The second-order valence-electron chi connectivity index (χ2n) is 3.75. The van der Waals surface area contributed by atoms with Gasteiger partial charge in [-0.25, -0.2) is 0 Å². The third-order valence-electron chi connectivity index (χ3n) is 2.69. The van der Waals surface area contributed by atoms with Crippen LogP contribution in [0.2, 0.25) is 5.02 Å². The fraction of sp³-hybridized carbons (Fsp3) is 0.250. The molecule has 1 aromatic heterocycles. The van der Waals surface area contributed by atoms with Crippen LogP contribution in [0.15, 0.2) is 18.2 Å². The van der Waals surface area contributed by atoms with E-state index in [0.717, 1.165) is 34.3 Å². The second kappa shape index (κ2) is 4.28. The number of aryl methyl sites for hydroxylation is 2. The molecule has 2 rings (SSSR count). The van der Waals surface area contributed by atoms with E-state index < -0.39 is 0 Å². The van der Waals surface area contributed by atoms with Crippen LogP contribution in [0.1, 0.15) is 18.2 Å². The average molecular weight is 236 g/mol. The van der Waals surface area contributed by atoms with Crippen LogP contribution in [0.5, 0.6) is 0 Å². The number of anilines is 1. The standard InChI is InChI=1S/C12H14ClN3/c1-3-8-6-10(16-14)11-7(2)4-5-9(13)12(11)15-8/h4-6H,3,14H2,1-2H3,(H,15,16). The highest BCUT2D eigenvalue weighted by Gasteiger charge is 2.09. The molecule has 0 radical (unpaired) electrons. The zero-order chi connectivity index (χ0) is 11.7. The molecule has 0 spiro atoms. The lowest BCUT2D eigenvalue weighted by atomic mass is 10.1. The number of rotatable bonds is 2. The van der Waals surface area contributed by atoms with Gasteiger partial charge in [-0.3, -0.25) is 10.8 Å². The van der Waals surface area contributed by atoms with Crippen molar-refractivity contribution in [1.82, 2.24) is 4.98 Å². The van der Waals surface area contributed by atoms with Crippen molar-refractivity contribution in [3.05, 3.63) is 34.5 Å². The first-order valence-electron chi connectivity index (χ1n) is 5.22. The minimum absolute atomic E-state index is 0.660. The van der Waals surface area contributed by atoms with Crippen LogP contribution in [-0.2, 0) is 6.42 Å². The van der Waals surface area contributed by atoms with Gasteiger partial charge >= 0.3 is 0 Å². The molecular formula is C12H14ClN3. The third kappa shape index (κ3) is 1.72. The number of hydrogen-bond donors (Lipinski definition) is 2. The van der Waals surface area contributed by atoms with Crippen LogP contribution < -0.4 is 11.3 Å². The molecule has 3 nitrogen and oxygen atoms in total. The normalized spacial score (nSPS) is 10.8. The minimum Gasteiger partial charge on any atom is -0.323 e. The van der Waals surface area contributed by atoms with E-state index in [9.17, 15) is 0 Å². The van der Waals surface area contributed by atoms with Gasteiger partial charge in [0.25, 0.3) is 0 Å². The van der Waals surface area contributed by atoms with Crippen molar-refractivity contribution in [3.8, 4) is 0 Å². The summed E-state index contributed by atoms with van der Waals surface area (Å²) < 4.78 is 0. The number of hydrogen-bond acceptors (Lipinski definition) is 3. The van der Waals surface area contributed by atoms with E-state index in [-0.39, 0.29) is 0 Å². The third-order valence-corrected chi connectivity index (χ3v) is 3.00. The number of nitrogen functional groups attached to an aromatic ring is 1. The Morgan fingerprint density at radius 1 is 1.44 bits per heavy atom. The zero-order valence-corrected chi connectivity index (χ0v) is 10.1. The van der Waals surface area contributed by atoms with Gasteiger partial charge in [0.1, 0.15) is 0 Å². The van der Waals surface area contributed by atoms with Crippen molar-refractivity contribution in [3.63, 3.8) is 0 Å². The Kier molecular flexibility index (Phi) is 2.99. The molecule has 0 aliphatic carbocycles. The van der Waals surface area contributed by atoms with E-state index in [1.54, 1.807) is 0 Å². The number of halogens is 1. The molecule has 0 unspecified atom stereocenters. The summed E-state index contributed by atoms with van der Waals surface area (Å²) in [5, 5.41) is 1.65. The summed E-state index contributed by atoms with van der Waals surface area (Å²) in [5.74, 6) is 5.54. The number of nitrogens with two attached hydrogens (primary N) is 1. The van der Waals surface area contributed by atoms with Crippen LogP contribution in [0.3, 0.4) is 0 Å². The number of nitrogens with one attached hydrogen (secondary N) is 1. The fourth-order valence-electron chi connectivity index (χ4n) is 1.83. The lowest BCUT2D eigenvalue weighted by Gasteiger charge is -2.11. The Bertz CT molecular complexity index is 537. The van der Waals surface area contributed by atoms with Crippen LogP contribution in [0, 0.1) is 6.92 Å². The van der Waals surface area contributed by atoms with E-state index in [2.05, 4.69) is 17.3 Å². The highest BCUT2D eigenvalue weighted by Crippen LogP contribution is 2.30. The van der Waals surface area contributed by atoms with Gasteiger partial charge in [0.05, 0.1) is 16.2 Å². The number of nitrogens with zero attached hydrogens (tertiary/aromatic N) is 1. The SMILES string of the molecule is CCc1cc(NN)c2c(C)ccc(Cl)c2n1. The quantitative estimate of drug-likeness (QED) is 0.621. The first-order valence-corrected chi connectivity index (χ1v) is 5.60. The second-order valence-corrected chi connectivity index (χ2v) is 4.15. The number of pyridine rings is 1. The highest BCUT2D eigenvalue weighted by molar-refractivity contribution is 6.35. The Morgan fingerprint density at radius 3 is 2.81 bits per heavy atom. The van der Waals surface area contributed by atoms with E-state index >= 15 is 0 Å². The van der Waals surface area contributed by atoms with Crippen molar-refractivity contribution >= 4 is 28.2 Å². The van der Waals surface area contributed by atoms with Crippen LogP contribution >= 0.6 is 11.6 Å². The molecule has 3 N–H and O–H groups in total. The van der Waals surface area contributed by atoms with E-state index in [0.29, 0.717) is 5.02 Å². The summed E-state index contributed by atoms with van der Waals surface area (Å²) >= 11 is 6.16. The molecule has 0 bridgehead atoms. The number of benzene rings is 1. The highest BCUT2D eigenvalue weighted by atomic mass is 35.5. The molecule has 0 aliphatic heterocycles. The van der Waals surface area contributed by atoms with E-state index in [1.807, 2.05) is 25.1 Å². The lowest BCUT2D eigenvalue weighted by molar-refractivity contribution is 1.05. The molecule has 0 aliphatic rings. The van der Waals surface area contributed by atoms with Gasteiger partial charge in [-0.05, 0) is 31.0 Å². The summed E-state index contributed by atoms with van der Waals surface area (Å²) in [6.45, 7) is 4.07. The largest absolute Gasteiger partial charge is 0.323 e. The van der Waals surface area contributed by atoms with E-state index in [1.165, 1.54) is 0 Å². The lowest BCUT2D eigenvalue weighted by Crippen LogP contribution is -2.09. The predicted molar refractivity (Wildman–Crippen MR) is 68.7 cm³/mol. The predicted octanol–water partition coefficient (Wildman–Crippen LogP) is 3.04. The van der Waals surface area contributed by atoms with Crippen LogP contribution in [0.25, 0.3) is 10.9 Å². The van der Waals surface area contributed by atoms with Gasteiger partial charge in [-0.2, -0.15) is 0 Å². The molecule has 1 aromatic carbocycles.